The topological polar surface area (TPSA) is 93.0 Å². The smallest absolute Gasteiger partial charge is 0.251 e. The molecule has 3 rings (SSSR count). The molecule has 1 aliphatic rings. The summed E-state index contributed by atoms with van der Waals surface area (Å²) in [6, 6.07) is 4.90. The van der Waals surface area contributed by atoms with Crippen molar-refractivity contribution in [1.82, 2.24) is 19.2 Å². The Hall–Kier alpha value is -1.97. The number of hydrogen-bond donors (Lipinski definition) is 1. The van der Waals surface area contributed by atoms with Gasteiger partial charge in [-0.05, 0) is 18.2 Å². The molecule has 24 heavy (non-hydrogen) atoms. The Kier molecular flexibility index (Phi) is 4.57. The lowest BCUT2D eigenvalue weighted by Crippen LogP contribution is -2.43. The third-order valence-corrected chi connectivity index (χ3v) is 6.12. The van der Waals surface area contributed by atoms with Crippen molar-refractivity contribution in [3.05, 3.63) is 36.2 Å². The summed E-state index contributed by atoms with van der Waals surface area (Å²) in [7, 11) is -0.347. The van der Waals surface area contributed by atoms with Crippen molar-refractivity contribution in [3.63, 3.8) is 0 Å². The normalized spacial score (nSPS) is 21.5. The Labute approximate surface area is 140 Å². The molecule has 0 saturated carbocycles. The van der Waals surface area contributed by atoms with Crippen molar-refractivity contribution in [2.45, 2.75) is 6.04 Å². The quantitative estimate of drug-likeness (QED) is 0.816. The van der Waals surface area contributed by atoms with Crippen LogP contribution in [0.1, 0.15) is 10.4 Å². The number of carbonyl (C=O) groups excluding carboxylic acids is 1. The highest BCUT2D eigenvalue weighted by molar-refractivity contribution is 7.89. The van der Waals surface area contributed by atoms with Crippen molar-refractivity contribution < 1.29 is 17.9 Å². The number of pyridine rings is 1. The molecule has 2 atom stereocenters. The van der Waals surface area contributed by atoms with Gasteiger partial charge in [-0.25, -0.2) is 17.2 Å². The molecule has 1 N–H and O–H groups in total. The fourth-order valence-corrected chi connectivity index (χ4v) is 3.82. The summed E-state index contributed by atoms with van der Waals surface area (Å²) in [5, 5.41) is 6.97. The summed E-state index contributed by atoms with van der Waals surface area (Å²) in [5.41, 5.74) is 1.32. The number of sulfonamides is 1. The first-order chi connectivity index (χ1) is 11.4. The first-order valence-electron chi connectivity index (χ1n) is 7.59. The number of nitrogens with one attached hydrogen (secondary N) is 1. The van der Waals surface area contributed by atoms with Gasteiger partial charge in [0, 0.05) is 38.0 Å². The molecule has 9 heteroatoms. The van der Waals surface area contributed by atoms with E-state index in [0.717, 1.165) is 5.52 Å². The van der Waals surface area contributed by atoms with Gasteiger partial charge < -0.3 is 10.1 Å². The van der Waals surface area contributed by atoms with Gasteiger partial charge >= 0.3 is 0 Å². The molecule has 1 aliphatic heterocycles. The highest BCUT2D eigenvalue weighted by Gasteiger charge is 2.34. The van der Waals surface area contributed by atoms with E-state index in [2.05, 4.69) is 10.4 Å². The Morgan fingerprint density at radius 1 is 1.42 bits per heavy atom. The van der Waals surface area contributed by atoms with Crippen molar-refractivity contribution in [1.29, 1.82) is 0 Å². The number of fused-ring (bicyclic) bond motifs is 1. The van der Waals surface area contributed by atoms with Crippen LogP contribution in [-0.2, 0) is 14.8 Å². The summed E-state index contributed by atoms with van der Waals surface area (Å²) in [5.74, 6) is -0.562. The van der Waals surface area contributed by atoms with Crippen LogP contribution in [0.3, 0.4) is 0 Å². The molecule has 8 nitrogen and oxygen atoms in total. The molecule has 0 spiro atoms. The highest BCUT2D eigenvalue weighted by atomic mass is 32.2. The van der Waals surface area contributed by atoms with E-state index in [1.807, 2.05) is 6.07 Å². The Bertz CT molecular complexity index is 846. The molecule has 0 aromatic carbocycles. The molecule has 3 heterocycles. The van der Waals surface area contributed by atoms with E-state index >= 15 is 0 Å². The van der Waals surface area contributed by atoms with Crippen LogP contribution in [0.25, 0.3) is 5.52 Å². The fraction of sp³-hybridized carbons (Fsp3) is 0.467. The SMILES string of the molecule is CN(C)S(=O)(=O)C[C@@H]1COC[C@@H]1NC(=O)c1ccn2nccc2c1. The van der Waals surface area contributed by atoms with Crippen LogP contribution in [0, 0.1) is 5.92 Å². The Balaban J connectivity index is 1.70. The third-order valence-electron chi connectivity index (χ3n) is 4.16. The second-order valence-corrected chi connectivity index (χ2v) is 8.28. The van der Waals surface area contributed by atoms with E-state index < -0.39 is 10.0 Å². The first-order valence-corrected chi connectivity index (χ1v) is 9.20. The standard InChI is InChI=1S/C15H20N4O4S/c1-18(2)24(21,22)10-12-8-23-9-14(12)17-15(20)11-4-6-19-13(7-11)3-5-16-19/h3-7,12,14H,8-10H2,1-2H3,(H,17,20)/t12-,14-/m0/s1. The average molecular weight is 352 g/mol. The van der Waals surface area contributed by atoms with E-state index in [1.54, 1.807) is 29.0 Å². The van der Waals surface area contributed by atoms with Crippen molar-refractivity contribution >= 4 is 21.4 Å². The predicted molar refractivity (Wildman–Crippen MR) is 88.2 cm³/mol. The van der Waals surface area contributed by atoms with Crippen molar-refractivity contribution in [3.8, 4) is 0 Å². The lowest BCUT2D eigenvalue weighted by Gasteiger charge is -2.21. The van der Waals surface area contributed by atoms with Gasteiger partial charge in [0.2, 0.25) is 10.0 Å². The van der Waals surface area contributed by atoms with Crippen molar-refractivity contribution in [2.24, 2.45) is 5.92 Å². The number of ether oxygens (including phenoxy) is 1. The second kappa shape index (κ2) is 6.50. The maximum Gasteiger partial charge on any atom is 0.251 e. The van der Waals surface area contributed by atoms with Gasteiger partial charge in [0.15, 0.2) is 0 Å². The van der Waals surface area contributed by atoms with Gasteiger partial charge in [0.25, 0.3) is 5.91 Å². The third kappa shape index (κ3) is 3.42. The molecule has 0 unspecified atom stereocenters. The minimum atomic E-state index is -3.35. The number of nitrogens with zero attached hydrogens (tertiary/aromatic N) is 3. The van der Waals surface area contributed by atoms with Crippen molar-refractivity contribution in [2.75, 3.05) is 33.1 Å². The van der Waals surface area contributed by atoms with E-state index in [-0.39, 0.29) is 23.6 Å². The number of hydrogen-bond acceptors (Lipinski definition) is 5. The molecule has 2 aromatic rings. The Morgan fingerprint density at radius 2 is 2.21 bits per heavy atom. The number of aromatic nitrogens is 2. The first kappa shape index (κ1) is 16.9. The number of carbonyl (C=O) groups is 1. The zero-order valence-corrected chi connectivity index (χ0v) is 14.4. The van der Waals surface area contributed by atoms with Gasteiger partial charge in [0.05, 0.1) is 30.5 Å². The zero-order valence-electron chi connectivity index (χ0n) is 13.5. The van der Waals surface area contributed by atoms with Gasteiger partial charge in [0.1, 0.15) is 0 Å². The zero-order chi connectivity index (χ0) is 17.3. The molecule has 1 saturated heterocycles. The van der Waals surface area contributed by atoms with Crippen LogP contribution in [0.15, 0.2) is 30.6 Å². The van der Waals surface area contributed by atoms with Gasteiger partial charge in [-0.1, -0.05) is 0 Å². The van der Waals surface area contributed by atoms with Crippen LogP contribution in [0.4, 0.5) is 0 Å². The van der Waals surface area contributed by atoms with Crippen LogP contribution in [-0.4, -0.2) is 67.3 Å². The molecule has 130 valence electrons. The molecule has 1 fully saturated rings. The summed E-state index contributed by atoms with van der Waals surface area (Å²) < 4.78 is 32.3. The summed E-state index contributed by atoms with van der Waals surface area (Å²) >= 11 is 0. The van der Waals surface area contributed by atoms with Gasteiger partial charge in [-0.15, -0.1) is 0 Å². The maximum atomic E-state index is 12.5. The van der Waals surface area contributed by atoms with E-state index in [9.17, 15) is 13.2 Å². The number of rotatable bonds is 5. The molecular weight excluding hydrogens is 332 g/mol. The fourth-order valence-electron chi connectivity index (χ4n) is 2.66. The van der Waals surface area contributed by atoms with Crippen LogP contribution >= 0.6 is 0 Å². The molecule has 0 aliphatic carbocycles. The van der Waals surface area contributed by atoms with E-state index in [4.69, 9.17) is 4.74 Å². The lowest BCUT2D eigenvalue weighted by atomic mass is 10.1. The number of amides is 1. The van der Waals surface area contributed by atoms with E-state index in [0.29, 0.717) is 18.8 Å². The monoisotopic (exact) mass is 352 g/mol. The summed E-state index contributed by atoms with van der Waals surface area (Å²) in [4.78, 5) is 12.5. The predicted octanol–water partition coefficient (Wildman–Crippen LogP) is -0.0295. The molecule has 0 radical (unpaired) electrons. The van der Waals surface area contributed by atoms with Gasteiger partial charge in [-0.2, -0.15) is 5.10 Å². The molecular formula is C15H20N4O4S. The minimum absolute atomic E-state index is 0.0490. The lowest BCUT2D eigenvalue weighted by molar-refractivity contribution is 0.0926. The van der Waals surface area contributed by atoms with E-state index in [1.165, 1.54) is 18.4 Å². The molecule has 0 bridgehead atoms. The maximum absolute atomic E-state index is 12.5. The minimum Gasteiger partial charge on any atom is -0.379 e. The molecule has 2 aromatic heterocycles. The van der Waals surface area contributed by atoms with Crippen LogP contribution in [0.2, 0.25) is 0 Å². The van der Waals surface area contributed by atoms with Crippen LogP contribution < -0.4 is 5.32 Å². The highest BCUT2D eigenvalue weighted by Crippen LogP contribution is 2.18. The van der Waals surface area contributed by atoms with Crippen LogP contribution in [0.5, 0.6) is 0 Å². The van der Waals surface area contributed by atoms with Gasteiger partial charge in [-0.3, -0.25) is 4.79 Å². The summed E-state index contributed by atoms with van der Waals surface area (Å²) in [6.45, 7) is 0.633. The average Bonchev–Trinajstić information content (AvgIpc) is 3.15. The summed E-state index contributed by atoms with van der Waals surface area (Å²) in [6.07, 6.45) is 3.37. The Morgan fingerprint density at radius 3 is 2.96 bits per heavy atom. The molecule has 1 amide bonds. The largest absolute Gasteiger partial charge is 0.379 e. The second-order valence-electron chi connectivity index (χ2n) is 6.05.